The first kappa shape index (κ1) is 22.3. The van der Waals surface area contributed by atoms with Crippen molar-refractivity contribution in [3.05, 3.63) is 100 Å². The number of amidine groups is 1. The normalized spacial score (nSPS) is 15.9. The number of carbonyl (C=O) groups is 2. The Labute approximate surface area is 194 Å². The van der Waals surface area contributed by atoms with Crippen LogP contribution in [0.4, 0.5) is 10.1 Å². The lowest BCUT2D eigenvalue weighted by molar-refractivity contribution is -0.121. The summed E-state index contributed by atoms with van der Waals surface area (Å²) < 4.78 is 19.0. The molecule has 6 nitrogen and oxygen atoms in total. The van der Waals surface area contributed by atoms with Crippen LogP contribution in [0.25, 0.3) is 6.08 Å². The molecule has 0 atom stereocenters. The van der Waals surface area contributed by atoms with Crippen LogP contribution in [0, 0.1) is 5.82 Å². The van der Waals surface area contributed by atoms with E-state index in [1.807, 2.05) is 12.1 Å². The minimum absolute atomic E-state index is 0.173. The molecule has 1 aliphatic rings. The molecule has 0 aromatic heterocycles. The fraction of sp³-hybridized carbons (Fsp3) is 0.0800. The van der Waals surface area contributed by atoms with E-state index < -0.39 is 5.97 Å². The number of carboxylic acid groups (broad SMARTS) is 1. The van der Waals surface area contributed by atoms with Crippen molar-refractivity contribution in [2.24, 2.45) is 4.99 Å². The molecule has 0 radical (unpaired) electrons. The van der Waals surface area contributed by atoms with Crippen LogP contribution in [0.2, 0.25) is 0 Å². The fourth-order valence-corrected chi connectivity index (χ4v) is 4.03. The third-order valence-corrected chi connectivity index (χ3v) is 5.88. The second kappa shape index (κ2) is 9.70. The van der Waals surface area contributed by atoms with Gasteiger partial charge in [-0.25, -0.2) is 14.2 Å². The van der Waals surface area contributed by atoms with Gasteiger partial charge >= 0.3 is 5.97 Å². The molecule has 0 aliphatic carbocycles. The Balaban J connectivity index is 1.44. The summed E-state index contributed by atoms with van der Waals surface area (Å²) in [6.07, 6.45) is 1.77. The van der Waals surface area contributed by atoms with Gasteiger partial charge in [0.2, 0.25) is 0 Å². The third-order valence-electron chi connectivity index (χ3n) is 4.81. The van der Waals surface area contributed by atoms with Crippen LogP contribution in [0.3, 0.4) is 0 Å². The number of benzene rings is 3. The van der Waals surface area contributed by atoms with Crippen molar-refractivity contribution in [2.45, 2.75) is 6.61 Å². The van der Waals surface area contributed by atoms with E-state index >= 15 is 0 Å². The molecule has 4 rings (SSSR count). The lowest BCUT2D eigenvalue weighted by Crippen LogP contribution is -2.23. The monoisotopic (exact) mass is 462 g/mol. The summed E-state index contributed by atoms with van der Waals surface area (Å²) in [4.78, 5) is 30.0. The van der Waals surface area contributed by atoms with Gasteiger partial charge in [-0.2, -0.15) is 0 Å². The highest BCUT2D eigenvalue weighted by Crippen LogP contribution is 2.33. The average Bonchev–Trinajstić information content (AvgIpc) is 3.07. The molecule has 1 N–H and O–H groups in total. The number of likely N-dealkylation sites (N-methyl/N-ethyl adjacent to an activating group) is 1. The maximum atomic E-state index is 13.3. The van der Waals surface area contributed by atoms with Gasteiger partial charge in [-0.3, -0.25) is 9.69 Å². The molecule has 33 heavy (non-hydrogen) atoms. The summed E-state index contributed by atoms with van der Waals surface area (Å²) in [7, 11) is 1.64. The Morgan fingerprint density at radius 2 is 1.85 bits per heavy atom. The maximum Gasteiger partial charge on any atom is 0.335 e. The van der Waals surface area contributed by atoms with Gasteiger partial charge in [0.05, 0.1) is 16.2 Å². The highest BCUT2D eigenvalue weighted by Gasteiger charge is 2.30. The number of aliphatic imine (C=N–C) groups is 1. The molecule has 3 aromatic carbocycles. The van der Waals surface area contributed by atoms with E-state index in [1.54, 1.807) is 49.5 Å². The second-order valence-corrected chi connectivity index (χ2v) is 8.22. The number of ether oxygens (including phenoxy) is 1. The highest BCUT2D eigenvalue weighted by molar-refractivity contribution is 8.18. The first-order chi connectivity index (χ1) is 15.9. The molecule has 1 fully saturated rings. The SMILES string of the molecule is CN1C(=O)/C(=C/c2ccc(OCc3cccc(F)c3)cc2)SC1=Nc1ccc(C(=O)O)cc1. The standard InChI is InChI=1S/C25H19FN2O4S/c1-28-23(29)22(33-25(28)27-20-9-7-18(8-10-20)24(30)31)14-16-5-11-21(12-6-16)32-15-17-3-2-4-19(26)13-17/h2-14H,15H2,1H3,(H,30,31)/b22-14-,27-25?. The number of nitrogens with zero attached hydrogens (tertiary/aromatic N) is 2. The number of amides is 1. The minimum atomic E-state index is -1.01. The van der Waals surface area contributed by atoms with Crippen molar-refractivity contribution in [1.29, 1.82) is 0 Å². The Morgan fingerprint density at radius 1 is 1.12 bits per heavy atom. The van der Waals surface area contributed by atoms with Crippen molar-refractivity contribution >= 4 is 40.6 Å². The van der Waals surface area contributed by atoms with Gasteiger partial charge in [0.25, 0.3) is 5.91 Å². The minimum Gasteiger partial charge on any atom is -0.489 e. The summed E-state index contributed by atoms with van der Waals surface area (Å²) in [6, 6.07) is 19.6. The summed E-state index contributed by atoms with van der Waals surface area (Å²) in [6.45, 7) is 0.255. The van der Waals surface area contributed by atoms with Gasteiger partial charge in [-0.05, 0) is 77.5 Å². The number of thioether (sulfide) groups is 1. The van der Waals surface area contributed by atoms with Crippen LogP contribution in [-0.4, -0.2) is 34.1 Å². The number of halogens is 1. The van der Waals surface area contributed by atoms with Gasteiger partial charge in [-0.15, -0.1) is 0 Å². The highest BCUT2D eigenvalue weighted by atomic mass is 32.2. The lowest BCUT2D eigenvalue weighted by Gasteiger charge is -2.07. The van der Waals surface area contributed by atoms with Gasteiger partial charge in [0, 0.05) is 7.05 Å². The summed E-state index contributed by atoms with van der Waals surface area (Å²) in [5, 5.41) is 9.50. The Hall–Kier alpha value is -3.91. The maximum absolute atomic E-state index is 13.3. The molecule has 0 saturated carbocycles. The molecule has 1 saturated heterocycles. The molecule has 1 amide bonds. The fourth-order valence-electron chi connectivity index (χ4n) is 3.05. The van der Waals surface area contributed by atoms with Crippen molar-refractivity contribution in [3.63, 3.8) is 0 Å². The molecule has 0 spiro atoms. The van der Waals surface area contributed by atoms with E-state index in [2.05, 4.69) is 4.99 Å². The zero-order valence-electron chi connectivity index (χ0n) is 17.6. The van der Waals surface area contributed by atoms with Gasteiger partial charge in [-0.1, -0.05) is 24.3 Å². The van der Waals surface area contributed by atoms with Gasteiger partial charge in [0.15, 0.2) is 5.17 Å². The number of rotatable bonds is 6. The molecule has 1 aliphatic heterocycles. The number of aromatic carboxylic acids is 1. The summed E-state index contributed by atoms with van der Waals surface area (Å²) in [5.74, 6) is -0.849. The molecule has 166 valence electrons. The zero-order chi connectivity index (χ0) is 23.4. The van der Waals surface area contributed by atoms with Crippen LogP contribution < -0.4 is 4.74 Å². The predicted octanol–water partition coefficient (Wildman–Crippen LogP) is 5.34. The van der Waals surface area contributed by atoms with E-state index in [0.29, 0.717) is 21.5 Å². The van der Waals surface area contributed by atoms with Crippen LogP contribution in [-0.2, 0) is 11.4 Å². The Morgan fingerprint density at radius 3 is 2.52 bits per heavy atom. The van der Waals surface area contributed by atoms with Gasteiger partial charge in [0.1, 0.15) is 18.2 Å². The number of hydrogen-bond donors (Lipinski definition) is 1. The lowest BCUT2D eigenvalue weighted by atomic mass is 10.2. The largest absolute Gasteiger partial charge is 0.489 e. The predicted molar refractivity (Wildman–Crippen MR) is 126 cm³/mol. The summed E-state index contributed by atoms with van der Waals surface area (Å²) >= 11 is 1.24. The number of hydrogen-bond acceptors (Lipinski definition) is 5. The van der Waals surface area contributed by atoms with Crippen molar-refractivity contribution in [3.8, 4) is 5.75 Å². The van der Waals surface area contributed by atoms with E-state index in [-0.39, 0.29) is 23.9 Å². The Kier molecular flexibility index (Phi) is 6.55. The number of carbonyl (C=O) groups excluding carboxylic acids is 1. The molecule has 8 heteroatoms. The zero-order valence-corrected chi connectivity index (χ0v) is 18.4. The molecule has 0 unspecified atom stereocenters. The average molecular weight is 463 g/mol. The first-order valence-corrected chi connectivity index (χ1v) is 10.8. The van der Waals surface area contributed by atoms with Crippen molar-refractivity contribution in [2.75, 3.05) is 7.05 Å². The van der Waals surface area contributed by atoms with E-state index in [1.165, 1.54) is 40.9 Å². The first-order valence-electron chi connectivity index (χ1n) is 9.96. The topological polar surface area (TPSA) is 79.2 Å². The van der Waals surface area contributed by atoms with E-state index in [9.17, 15) is 14.0 Å². The molecule has 0 bridgehead atoms. The third kappa shape index (κ3) is 5.48. The van der Waals surface area contributed by atoms with Gasteiger partial charge < -0.3 is 9.84 Å². The summed E-state index contributed by atoms with van der Waals surface area (Å²) in [5.41, 5.74) is 2.29. The second-order valence-electron chi connectivity index (χ2n) is 7.21. The molecule has 3 aromatic rings. The van der Waals surface area contributed by atoms with Crippen LogP contribution in [0.15, 0.2) is 82.7 Å². The Bertz CT molecular complexity index is 1250. The molecule has 1 heterocycles. The van der Waals surface area contributed by atoms with Crippen molar-refractivity contribution in [1.82, 2.24) is 4.90 Å². The van der Waals surface area contributed by atoms with E-state index in [4.69, 9.17) is 9.84 Å². The van der Waals surface area contributed by atoms with E-state index in [0.717, 1.165) is 11.1 Å². The number of carboxylic acids is 1. The van der Waals surface area contributed by atoms with Crippen molar-refractivity contribution < 1.29 is 23.8 Å². The smallest absolute Gasteiger partial charge is 0.335 e. The van der Waals surface area contributed by atoms with Crippen LogP contribution >= 0.6 is 11.8 Å². The quantitative estimate of drug-likeness (QED) is 0.501. The molecular formula is C25H19FN2O4S. The molecular weight excluding hydrogens is 443 g/mol. The van der Waals surface area contributed by atoms with Crippen LogP contribution in [0.5, 0.6) is 5.75 Å². The van der Waals surface area contributed by atoms with Crippen LogP contribution in [0.1, 0.15) is 21.5 Å².